The molecule has 1 radical (unpaired) electrons. The van der Waals surface area contributed by atoms with Gasteiger partial charge in [-0.25, -0.2) is 0 Å². The van der Waals surface area contributed by atoms with E-state index in [0.29, 0.717) is 6.42 Å². The highest BCUT2D eigenvalue weighted by molar-refractivity contribution is 5.58. The maximum Gasteiger partial charge on any atom is 0.216 e. The quantitative estimate of drug-likeness (QED) is 0.498. The van der Waals surface area contributed by atoms with Crippen LogP contribution in [0.3, 0.4) is 0 Å². The number of nitrogens with one attached hydrogen (secondary N) is 1. The maximum atomic E-state index is 9.83. The van der Waals surface area contributed by atoms with E-state index in [1.54, 1.807) is 13.3 Å². The molecule has 47 valence electrons. The average Bonchev–Trinajstić information content (AvgIpc) is 1.83. The zero-order valence-corrected chi connectivity index (χ0v) is 4.85. The Morgan fingerprint density at radius 3 is 2.62 bits per heavy atom. The van der Waals surface area contributed by atoms with Gasteiger partial charge in [-0.2, -0.15) is 0 Å². The highest BCUT2D eigenvalue weighted by Crippen LogP contribution is 1.82. The second kappa shape index (κ2) is 4.74. The summed E-state index contributed by atoms with van der Waals surface area (Å²) in [5, 5.41) is 10.9. The molecule has 3 heteroatoms. The van der Waals surface area contributed by atoms with Gasteiger partial charge in [0.15, 0.2) is 0 Å². The van der Waals surface area contributed by atoms with Gasteiger partial charge in [-0.3, -0.25) is 4.79 Å². The van der Waals surface area contributed by atoms with Crippen LogP contribution < -0.4 is 5.32 Å². The lowest BCUT2D eigenvalue weighted by Gasteiger charge is -2.02. The Labute approximate surface area is 48.7 Å². The molecule has 8 heavy (non-hydrogen) atoms. The van der Waals surface area contributed by atoms with E-state index >= 15 is 0 Å². The molecule has 0 saturated heterocycles. The van der Waals surface area contributed by atoms with Crippen molar-refractivity contribution in [2.45, 2.75) is 12.5 Å². The summed E-state index contributed by atoms with van der Waals surface area (Å²) in [5.41, 5.74) is 0. The summed E-state index contributed by atoms with van der Waals surface area (Å²) in [7, 11) is 1.66. The molecular formula is C5H10NO2. The normalized spacial score (nSPS) is 13.2. The van der Waals surface area contributed by atoms with Crippen LogP contribution in [-0.4, -0.2) is 31.1 Å². The van der Waals surface area contributed by atoms with E-state index in [-0.39, 0.29) is 12.6 Å². The first-order valence-corrected chi connectivity index (χ1v) is 2.51. The van der Waals surface area contributed by atoms with Crippen molar-refractivity contribution in [1.82, 2.24) is 5.32 Å². The van der Waals surface area contributed by atoms with Gasteiger partial charge in [0.05, 0.1) is 6.04 Å². The summed E-state index contributed by atoms with van der Waals surface area (Å²) in [6, 6.07) is -0.306. The molecular weight excluding hydrogens is 106 g/mol. The predicted octanol–water partition coefficient (Wildman–Crippen LogP) is -0.933. The number of aliphatic hydroxyl groups is 1. The first-order valence-electron chi connectivity index (χ1n) is 2.51. The van der Waals surface area contributed by atoms with Gasteiger partial charge >= 0.3 is 0 Å². The van der Waals surface area contributed by atoms with Crippen LogP contribution in [0, 0.1) is 0 Å². The van der Waals surface area contributed by atoms with Crippen LogP contribution >= 0.6 is 0 Å². The van der Waals surface area contributed by atoms with E-state index in [1.165, 1.54) is 0 Å². The van der Waals surface area contributed by atoms with Gasteiger partial charge in [0.2, 0.25) is 6.29 Å². The van der Waals surface area contributed by atoms with Crippen LogP contribution in [0.1, 0.15) is 6.42 Å². The smallest absolute Gasteiger partial charge is 0.216 e. The summed E-state index contributed by atoms with van der Waals surface area (Å²) in [5.74, 6) is 0. The fourth-order valence-electron chi connectivity index (χ4n) is 0.391. The van der Waals surface area contributed by atoms with Gasteiger partial charge in [-0.15, -0.1) is 0 Å². The zero-order valence-electron chi connectivity index (χ0n) is 4.85. The van der Waals surface area contributed by atoms with Crippen LogP contribution in [-0.2, 0) is 4.79 Å². The summed E-state index contributed by atoms with van der Waals surface area (Å²) < 4.78 is 0. The first-order chi connectivity index (χ1) is 3.85. The topological polar surface area (TPSA) is 49.3 Å². The minimum Gasteiger partial charge on any atom is -0.396 e. The molecule has 0 aromatic rings. The van der Waals surface area contributed by atoms with Crippen molar-refractivity contribution in [3.8, 4) is 0 Å². The molecule has 0 spiro atoms. The summed E-state index contributed by atoms with van der Waals surface area (Å²) in [6.07, 6.45) is 2.18. The Morgan fingerprint density at radius 1 is 1.88 bits per heavy atom. The lowest BCUT2D eigenvalue weighted by molar-refractivity contribution is 0.279. The third-order valence-corrected chi connectivity index (χ3v) is 0.908. The predicted molar refractivity (Wildman–Crippen MR) is 30.2 cm³/mol. The van der Waals surface area contributed by atoms with Crippen molar-refractivity contribution in [2.24, 2.45) is 0 Å². The van der Waals surface area contributed by atoms with E-state index in [0.717, 1.165) is 0 Å². The number of carbonyl (C=O) groups excluding carboxylic acids is 1. The van der Waals surface area contributed by atoms with Crippen molar-refractivity contribution >= 4 is 6.29 Å². The zero-order chi connectivity index (χ0) is 6.41. The van der Waals surface area contributed by atoms with Gasteiger partial charge < -0.3 is 10.4 Å². The lowest BCUT2D eigenvalue weighted by atomic mass is 10.2. The molecule has 0 amide bonds. The molecule has 0 aromatic heterocycles. The number of rotatable bonds is 4. The molecule has 1 atom stereocenters. The van der Waals surface area contributed by atoms with Gasteiger partial charge in [0.25, 0.3) is 0 Å². The van der Waals surface area contributed by atoms with Crippen molar-refractivity contribution in [3.05, 3.63) is 0 Å². The third-order valence-electron chi connectivity index (χ3n) is 0.908. The summed E-state index contributed by atoms with van der Waals surface area (Å²) in [6.45, 7) is 0.0285. The second-order valence-electron chi connectivity index (χ2n) is 1.47. The molecule has 0 heterocycles. The Hall–Kier alpha value is -0.410. The summed E-state index contributed by atoms with van der Waals surface area (Å²) >= 11 is 0. The first kappa shape index (κ1) is 7.59. The van der Waals surface area contributed by atoms with E-state index in [2.05, 4.69) is 5.32 Å². The molecule has 0 bridgehead atoms. The molecule has 0 aliphatic carbocycles. The van der Waals surface area contributed by atoms with Crippen LogP contribution in [0.4, 0.5) is 0 Å². The van der Waals surface area contributed by atoms with Gasteiger partial charge in [0, 0.05) is 6.61 Å². The standard InChI is InChI=1S/C5H10NO2/c1-6-5(4-8)2-3-7/h5-7H,2-3H2,1H3/t5-/m0/s1. The number of aliphatic hydroxyl groups excluding tert-OH is 1. The molecule has 0 saturated carbocycles. The highest BCUT2D eigenvalue weighted by Gasteiger charge is 2.00. The summed E-state index contributed by atoms with van der Waals surface area (Å²) in [4.78, 5) is 9.83. The number of hydrogen-bond acceptors (Lipinski definition) is 3. The second-order valence-corrected chi connectivity index (χ2v) is 1.47. The molecule has 2 N–H and O–H groups in total. The minimum absolute atomic E-state index is 0.0285. The Morgan fingerprint density at radius 2 is 2.50 bits per heavy atom. The number of likely N-dealkylation sites (N-methyl/N-ethyl adjacent to an activating group) is 1. The third kappa shape index (κ3) is 2.71. The number of hydrogen-bond donors (Lipinski definition) is 2. The monoisotopic (exact) mass is 116 g/mol. The Bertz CT molecular complexity index is 65.4. The molecule has 3 nitrogen and oxygen atoms in total. The Balaban J connectivity index is 3.21. The van der Waals surface area contributed by atoms with Crippen LogP contribution in [0.2, 0.25) is 0 Å². The average molecular weight is 116 g/mol. The van der Waals surface area contributed by atoms with Crippen LogP contribution in [0.5, 0.6) is 0 Å². The van der Waals surface area contributed by atoms with Crippen molar-refractivity contribution in [3.63, 3.8) is 0 Å². The van der Waals surface area contributed by atoms with Crippen LogP contribution in [0.25, 0.3) is 0 Å². The highest BCUT2D eigenvalue weighted by atomic mass is 16.3. The fourth-order valence-corrected chi connectivity index (χ4v) is 0.391. The van der Waals surface area contributed by atoms with E-state index in [9.17, 15) is 4.79 Å². The van der Waals surface area contributed by atoms with E-state index in [4.69, 9.17) is 5.11 Å². The van der Waals surface area contributed by atoms with E-state index in [1.807, 2.05) is 0 Å². The minimum atomic E-state index is -0.306. The van der Waals surface area contributed by atoms with Gasteiger partial charge in [-0.1, -0.05) is 0 Å². The molecule has 0 unspecified atom stereocenters. The molecule has 0 rings (SSSR count). The molecule has 0 aromatic carbocycles. The van der Waals surface area contributed by atoms with Gasteiger partial charge in [0.1, 0.15) is 0 Å². The lowest BCUT2D eigenvalue weighted by Crippen LogP contribution is -2.27. The van der Waals surface area contributed by atoms with E-state index < -0.39 is 0 Å². The van der Waals surface area contributed by atoms with Crippen molar-refractivity contribution < 1.29 is 9.90 Å². The van der Waals surface area contributed by atoms with Crippen LogP contribution in [0.15, 0.2) is 0 Å². The van der Waals surface area contributed by atoms with Gasteiger partial charge in [-0.05, 0) is 13.5 Å². The molecule has 0 aliphatic rings. The fraction of sp³-hybridized carbons (Fsp3) is 0.800. The molecule has 0 fully saturated rings. The van der Waals surface area contributed by atoms with Crippen molar-refractivity contribution in [2.75, 3.05) is 13.7 Å². The van der Waals surface area contributed by atoms with Crippen molar-refractivity contribution in [1.29, 1.82) is 0 Å². The Kier molecular flexibility index (Phi) is 4.50. The largest absolute Gasteiger partial charge is 0.396 e. The maximum absolute atomic E-state index is 9.83. The molecule has 0 aliphatic heterocycles. The SMILES string of the molecule is CN[C@H]([C]=O)CCO.